The SMILES string of the molecule is CN1C2=CC(O)/C(=N\N(C(N)=O)S(=O)(=O)O)C=C2CC1S(=O)(=O)O. The van der Waals surface area contributed by atoms with Crippen LogP contribution in [0, 0.1) is 0 Å². The van der Waals surface area contributed by atoms with E-state index in [0.29, 0.717) is 11.3 Å². The van der Waals surface area contributed by atoms with E-state index < -0.39 is 42.3 Å². The maximum absolute atomic E-state index is 11.3. The van der Waals surface area contributed by atoms with Crippen molar-refractivity contribution in [3.05, 3.63) is 23.4 Å². The molecule has 24 heavy (non-hydrogen) atoms. The van der Waals surface area contributed by atoms with Gasteiger partial charge < -0.3 is 15.7 Å². The number of allylic oxidation sites excluding steroid dienone is 1. The summed E-state index contributed by atoms with van der Waals surface area (Å²) in [4.78, 5) is 12.3. The summed E-state index contributed by atoms with van der Waals surface area (Å²) in [5.74, 6) is 0. The number of aliphatic hydroxyl groups is 1. The maximum atomic E-state index is 11.3. The van der Waals surface area contributed by atoms with Gasteiger partial charge in [-0.15, -0.1) is 0 Å². The summed E-state index contributed by atoms with van der Waals surface area (Å²) in [6.45, 7) is 0. The first-order valence-electron chi connectivity index (χ1n) is 6.28. The van der Waals surface area contributed by atoms with Crippen LogP contribution in [0.4, 0.5) is 4.79 Å². The normalized spacial score (nSPS) is 26.0. The lowest BCUT2D eigenvalue weighted by molar-refractivity contribution is 0.228. The summed E-state index contributed by atoms with van der Waals surface area (Å²) >= 11 is 0. The Hall–Kier alpha value is -2.00. The van der Waals surface area contributed by atoms with Crippen molar-refractivity contribution in [2.24, 2.45) is 10.8 Å². The highest BCUT2D eigenvalue weighted by molar-refractivity contribution is 7.86. The van der Waals surface area contributed by atoms with E-state index >= 15 is 0 Å². The fourth-order valence-corrected chi connectivity index (χ4v) is 3.71. The van der Waals surface area contributed by atoms with E-state index in [4.69, 9.17) is 10.3 Å². The zero-order valence-corrected chi connectivity index (χ0v) is 13.8. The third-order valence-electron chi connectivity index (χ3n) is 3.43. The largest absolute Gasteiger partial charge is 0.383 e. The predicted molar refractivity (Wildman–Crippen MR) is 80.3 cm³/mol. The molecule has 14 heteroatoms. The van der Waals surface area contributed by atoms with Crippen LogP contribution in [0.15, 0.2) is 28.5 Å². The first-order valence-corrected chi connectivity index (χ1v) is 9.18. The van der Waals surface area contributed by atoms with Crippen molar-refractivity contribution >= 4 is 32.2 Å². The van der Waals surface area contributed by atoms with Gasteiger partial charge in [-0.2, -0.15) is 21.9 Å². The average Bonchev–Trinajstić information content (AvgIpc) is 2.71. The van der Waals surface area contributed by atoms with Crippen molar-refractivity contribution in [1.29, 1.82) is 0 Å². The number of aliphatic hydroxyl groups excluding tert-OH is 1. The number of amides is 2. The maximum Gasteiger partial charge on any atom is 0.383 e. The molecule has 0 saturated carbocycles. The molecule has 1 saturated heterocycles. The number of rotatable bonds is 3. The lowest BCUT2D eigenvalue weighted by Crippen LogP contribution is -2.38. The van der Waals surface area contributed by atoms with Crippen molar-refractivity contribution in [2.45, 2.75) is 17.9 Å². The van der Waals surface area contributed by atoms with Crippen molar-refractivity contribution in [2.75, 3.05) is 7.05 Å². The second-order valence-corrected chi connectivity index (χ2v) is 7.85. The van der Waals surface area contributed by atoms with E-state index in [9.17, 15) is 31.3 Å². The summed E-state index contributed by atoms with van der Waals surface area (Å²) < 4.78 is 62.4. The number of hydrazone groups is 1. The quantitative estimate of drug-likeness (QED) is 0.324. The highest BCUT2D eigenvalue weighted by atomic mass is 32.2. The summed E-state index contributed by atoms with van der Waals surface area (Å²) in [6.07, 6.45) is 0.635. The molecule has 2 amide bonds. The molecule has 134 valence electrons. The number of nitrogens with two attached hydrogens (primary N) is 1. The number of nitrogens with zero attached hydrogens (tertiary/aromatic N) is 3. The number of carbonyl (C=O) groups excluding carboxylic acids is 1. The lowest BCUT2D eigenvalue weighted by atomic mass is 10.0. The summed E-state index contributed by atoms with van der Waals surface area (Å²) in [5.41, 5.74) is 5.05. The standard InChI is InChI=1S/C10H14N4O8S2/c1-13-7-4-8(15)6(12-14(10(11)16)24(20,21)22)2-5(7)3-9(13)23(17,18)19/h2,4,8-9,15H,3H2,1H3,(H2,11,16)(H,17,18,19)(H,20,21,22)/b12-6-. The van der Waals surface area contributed by atoms with Crippen LogP contribution in [-0.2, 0) is 20.4 Å². The number of likely N-dealkylation sites (N-methyl/N-ethyl adjacent to an activating group) is 1. The van der Waals surface area contributed by atoms with Gasteiger partial charge in [0.2, 0.25) is 0 Å². The molecule has 0 bridgehead atoms. The van der Waals surface area contributed by atoms with Crippen molar-refractivity contribution in [3.63, 3.8) is 0 Å². The van der Waals surface area contributed by atoms with Gasteiger partial charge in [-0.3, -0.25) is 9.11 Å². The van der Waals surface area contributed by atoms with E-state index in [1.54, 1.807) is 0 Å². The molecule has 1 aliphatic heterocycles. The second-order valence-electron chi connectivity index (χ2n) is 5.03. The highest BCUT2D eigenvalue weighted by Crippen LogP contribution is 2.36. The number of fused-ring (bicyclic) bond motifs is 1. The van der Waals surface area contributed by atoms with Gasteiger partial charge in [0, 0.05) is 19.2 Å². The van der Waals surface area contributed by atoms with Crippen LogP contribution < -0.4 is 5.73 Å². The van der Waals surface area contributed by atoms with Gasteiger partial charge in [-0.05, 0) is 17.7 Å². The van der Waals surface area contributed by atoms with Gasteiger partial charge in [0.25, 0.3) is 10.1 Å². The molecule has 2 atom stereocenters. The molecule has 2 rings (SSSR count). The van der Waals surface area contributed by atoms with Crippen LogP contribution in [0.25, 0.3) is 0 Å². The fraction of sp³-hybridized carbons (Fsp3) is 0.400. The van der Waals surface area contributed by atoms with Crippen molar-refractivity contribution in [3.8, 4) is 0 Å². The van der Waals surface area contributed by atoms with Crippen LogP contribution in [0.5, 0.6) is 0 Å². The molecule has 0 aromatic carbocycles. The third-order valence-corrected chi connectivity index (χ3v) is 5.30. The molecule has 5 N–H and O–H groups in total. The number of urea groups is 1. The minimum Gasteiger partial charge on any atom is -0.383 e. The molecule has 1 aliphatic carbocycles. The van der Waals surface area contributed by atoms with Gasteiger partial charge in [-0.1, -0.05) is 4.41 Å². The number of hydrogen-bond donors (Lipinski definition) is 4. The van der Waals surface area contributed by atoms with E-state index in [0.717, 1.165) is 12.2 Å². The van der Waals surface area contributed by atoms with Gasteiger partial charge in [0.05, 0.1) is 5.71 Å². The summed E-state index contributed by atoms with van der Waals surface area (Å²) in [7, 11) is -8.11. The molecular formula is C10H14N4O8S2. The van der Waals surface area contributed by atoms with E-state index in [2.05, 4.69) is 5.10 Å². The molecule has 2 aliphatic rings. The minimum absolute atomic E-state index is 0.157. The summed E-state index contributed by atoms with van der Waals surface area (Å²) in [5, 5.41) is 12.0. The zero-order chi connectivity index (χ0) is 18.4. The molecule has 0 spiro atoms. The zero-order valence-electron chi connectivity index (χ0n) is 12.1. The minimum atomic E-state index is -5.09. The molecule has 0 aromatic rings. The molecular weight excluding hydrogens is 368 g/mol. The first-order chi connectivity index (χ1) is 10.8. The van der Waals surface area contributed by atoms with E-state index in [1.165, 1.54) is 11.9 Å². The fourth-order valence-electron chi connectivity index (χ4n) is 2.38. The Bertz CT molecular complexity index is 873. The molecule has 2 unspecified atom stereocenters. The van der Waals surface area contributed by atoms with Crippen LogP contribution in [-0.4, -0.2) is 70.6 Å². The first kappa shape index (κ1) is 18.3. The Morgan fingerprint density at radius 2 is 1.96 bits per heavy atom. The Morgan fingerprint density at radius 3 is 2.42 bits per heavy atom. The molecule has 1 fully saturated rings. The molecule has 1 heterocycles. The Balaban J connectivity index is 2.46. The monoisotopic (exact) mass is 382 g/mol. The van der Waals surface area contributed by atoms with Crippen LogP contribution in [0.2, 0.25) is 0 Å². The third kappa shape index (κ3) is 3.41. The van der Waals surface area contributed by atoms with Gasteiger partial charge in [-0.25, -0.2) is 4.79 Å². The second kappa shape index (κ2) is 5.82. The van der Waals surface area contributed by atoms with E-state index in [1.807, 2.05) is 0 Å². The van der Waals surface area contributed by atoms with Crippen LogP contribution in [0.3, 0.4) is 0 Å². The highest BCUT2D eigenvalue weighted by Gasteiger charge is 2.40. The van der Waals surface area contributed by atoms with Crippen LogP contribution >= 0.6 is 0 Å². The summed E-state index contributed by atoms with van der Waals surface area (Å²) in [6, 6.07) is -1.61. The lowest BCUT2D eigenvalue weighted by Gasteiger charge is -2.23. The topological polar surface area (TPSA) is 191 Å². The van der Waals surface area contributed by atoms with Gasteiger partial charge in [0.15, 0.2) is 5.37 Å². The van der Waals surface area contributed by atoms with Crippen molar-refractivity contribution < 1.29 is 35.8 Å². The van der Waals surface area contributed by atoms with Crippen LogP contribution in [0.1, 0.15) is 6.42 Å². The average molecular weight is 382 g/mol. The number of primary amides is 1. The van der Waals surface area contributed by atoms with Gasteiger partial charge >= 0.3 is 16.3 Å². The smallest absolute Gasteiger partial charge is 0.383 e. The van der Waals surface area contributed by atoms with Crippen molar-refractivity contribution in [1.82, 2.24) is 9.31 Å². The molecule has 0 radical (unpaired) electrons. The number of carbonyl (C=O) groups is 1. The van der Waals surface area contributed by atoms with Gasteiger partial charge in [0.1, 0.15) is 6.10 Å². The Labute approximate surface area is 137 Å². The number of likely N-dealkylation sites (tertiary alicyclic amines) is 1. The molecule has 12 nitrogen and oxygen atoms in total. The Morgan fingerprint density at radius 1 is 1.38 bits per heavy atom. The number of hydrogen-bond acceptors (Lipinski definition) is 8. The Kier molecular flexibility index (Phi) is 4.45. The molecule has 0 aromatic heterocycles. The van der Waals surface area contributed by atoms with E-state index in [-0.39, 0.29) is 12.1 Å². The predicted octanol–water partition coefficient (Wildman–Crippen LogP) is -1.74.